The average molecular weight is 1430 g/mol. The van der Waals surface area contributed by atoms with Crippen molar-refractivity contribution in [2.75, 3.05) is 26.4 Å². The Balaban J connectivity index is 1.36. The number of carbonyl (C=O) groups is 1. The minimum atomic E-state index is -1.97. The van der Waals surface area contributed by atoms with E-state index in [-0.39, 0.29) is 18.9 Å². The van der Waals surface area contributed by atoms with E-state index in [4.69, 9.17) is 28.4 Å². The second-order valence-electron chi connectivity index (χ2n) is 29.9. The minimum Gasteiger partial charge on any atom is -0.394 e. The van der Waals surface area contributed by atoms with E-state index in [1.165, 1.54) is 270 Å². The summed E-state index contributed by atoms with van der Waals surface area (Å²) >= 11 is 0. The number of allylic oxidation sites excluding steroid dienone is 4. The monoisotopic (exact) mass is 1430 g/mol. The van der Waals surface area contributed by atoms with Crippen LogP contribution >= 0.6 is 0 Å². The molecule has 0 radical (unpaired) electrons. The van der Waals surface area contributed by atoms with Crippen LogP contribution in [0.3, 0.4) is 0 Å². The van der Waals surface area contributed by atoms with E-state index in [1.54, 1.807) is 0 Å². The molecule has 0 aromatic heterocycles. The van der Waals surface area contributed by atoms with Crippen LogP contribution in [0.25, 0.3) is 0 Å². The Morgan fingerprint density at radius 2 is 0.660 bits per heavy atom. The molecule has 0 spiro atoms. The smallest absolute Gasteiger partial charge is 0.220 e. The second kappa shape index (κ2) is 62.3. The summed E-state index contributed by atoms with van der Waals surface area (Å²) in [6.45, 7) is 1.85. The van der Waals surface area contributed by atoms with Gasteiger partial charge in [0.25, 0.3) is 0 Å². The highest BCUT2D eigenvalue weighted by atomic mass is 16.8. The number of ether oxygens (including phenoxy) is 6. The van der Waals surface area contributed by atoms with Gasteiger partial charge in [0.1, 0.15) is 73.2 Å². The van der Waals surface area contributed by atoms with Crippen LogP contribution in [-0.4, -0.2) is 193 Å². The van der Waals surface area contributed by atoms with Gasteiger partial charge in [-0.2, -0.15) is 0 Å². The molecule has 590 valence electrons. The largest absolute Gasteiger partial charge is 0.394 e. The highest BCUT2D eigenvalue weighted by Gasteiger charge is 2.54. The standard InChI is InChI=1S/C81H153NO18/c1-3-5-7-9-11-13-15-17-19-21-23-25-27-29-31-33-34-36-38-40-42-44-46-48-50-52-54-56-58-65(86)64(82-69(87)59-57-55-53-51-49-47-45-43-41-39-37-35-32-30-28-26-24-22-20-18-16-14-12-10-8-6-4-2)63-95-79-75(93)72(90)77(67(61-84)97-79)100-81-76(94)73(91)78(68(62-85)98-81)99-80-74(92)71(89)70(88)66(60-83)96-80/h16,18,22,24,64-68,70-81,83-86,88-94H,3-15,17,19-21,23,25-63H2,1-2H3,(H,82,87)/b18-16-,24-22-. The van der Waals surface area contributed by atoms with Gasteiger partial charge in [0.2, 0.25) is 5.91 Å². The number of nitrogens with one attached hydrogen (secondary N) is 1. The predicted molar refractivity (Wildman–Crippen MR) is 397 cm³/mol. The van der Waals surface area contributed by atoms with Gasteiger partial charge in [0.05, 0.1) is 38.6 Å². The van der Waals surface area contributed by atoms with Gasteiger partial charge in [-0.15, -0.1) is 0 Å². The van der Waals surface area contributed by atoms with E-state index in [9.17, 15) is 61.0 Å². The molecule has 3 saturated heterocycles. The summed E-state index contributed by atoms with van der Waals surface area (Å²) in [5.41, 5.74) is 0. The number of aliphatic hydroxyl groups is 11. The van der Waals surface area contributed by atoms with Gasteiger partial charge < -0.3 is 89.9 Å². The Hall–Kier alpha value is -1.73. The lowest BCUT2D eigenvalue weighted by atomic mass is 9.96. The van der Waals surface area contributed by atoms with Crippen molar-refractivity contribution < 1.29 is 89.4 Å². The van der Waals surface area contributed by atoms with Crippen molar-refractivity contribution in [3.8, 4) is 0 Å². The molecule has 1 amide bonds. The normalized spacial score (nSPS) is 26.5. The molecule has 0 aromatic rings. The Kier molecular flexibility index (Phi) is 57.6. The summed E-state index contributed by atoms with van der Waals surface area (Å²) in [4.78, 5) is 13.5. The number of carbonyl (C=O) groups excluding carboxylic acids is 1. The third kappa shape index (κ3) is 42.0. The van der Waals surface area contributed by atoms with E-state index >= 15 is 0 Å². The molecule has 3 fully saturated rings. The highest BCUT2D eigenvalue weighted by Crippen LogP contribution is 2.33. The number of unbranched alkanes of at least 4 members (excludes halogenated alkanes) is 47. The zero-order valence-corrected chi connectivity index (χ0v) is 63.2. The summed E-state index contributed by atoms with van der Waals surface area (Å²) in [6.07, 6.45) is 48.4. The molecule has 0 aliphatic carbocycles. The van der Waals surface area contributed by atoms with Crippen molar-refractivity contribution in [1.82, 2.24) is 5.32 Å². The maximum Gasteiger partial charge on any atom is 0.220 e. The maximum atomic E-state index is 13.5. The van der Waals surface area contributed by atoms with Crippen LogP contribution in [0.2, 0.25) is 0 Å². The van der Waals surface area contributed by atoms with Crippen LogP contribution in [0.15, 0.2) is 24.3 Å². The summed E-state index contributed by atoms with van der Waals surface area (Å²) in [6, 6.07) is -0.887. The van der Waals surface area contributed by atoms with Crippen LogP contribution in [-0.2, 0) is 33.2 Å². The molecule has 3 heterocycles. The number of aliphatic hydroxyl groups excluding tert-OH is 11. The zero-order valence-electron chi connectivity index (χ0n) is 63.2. The molecule has 0 aromatic carbocycles. The zero-order chi connectivity index (χ0) is 72.5. The summed E-state index contributed by atoms with van der Waals surface area (Å²) in [5.74, 6) is -0.236. The first-order valence-corrected chi connectivity index (χ1v) is 41.6. The van der Waals surface area contributed by atoms with Crippen LogP contribution in [0, 0.1) is 0 Å². The first kappa shape index (κ1) is 92.5. The molecule has 0 bridgehead atoms. The summed E-state index contributed by atoms with van der Waals surface area (Å²) in [5, 5.41) is 121. The number of amides is 1. The molecule has 100 heavy (non-hydrogen) atoms. The Labute approximate surface area is 607 Å². The molecular weight excluding hydrogens is 1270 g/mol. The summed E-state index contributed by atoms with van der Waals surface area (Å²) in [7, 11) is 0. The minimum absolute atomic E-state index is 0.236. The lowest BCUT2D eigenvalue weighted by molar-refractivity contribution is -0.379. The van der Waals surface area contributed by atoms with Crippen molar-refractivity contribution in [2.24, 2.45) is 0 Å². The first-order chi connectivity index (χ1) is 48.8. The quantitative estimate of drug-likeness (QED) is 0.0199. The molecule has 17 unspecified atom stereocenters. The molecule has 12 N–H and O–H groups in total. The number of hydrogen-bond acceptors (Lipinski definition) is 18. The van der Waals surface area contributed by atoms with Gasteiger partial charge >= 0.3 is 0 Å². The van der Waals surface area contributed by atoms with Gasteiger partial charge in [-0.3, -0.25) is 4.79 Å². The molecule has 19 heteroatoms. The Morgan fingerprint density at radius 3 is 1.02 bits per heavy atom. The molecule has 3 aliphatic heterocycles. The molecule has 19 nitrogen and oxygen atoms in total. The number of rotatable bonds is 67. The Morgan fingerprint density at radius 1 is 0.360 bits per heavy atom. The fourth-order valence-electron chi connectivity index (χ4n) is 14.3. The fourth-order valence-corrected chi connectivity index (χ4v) is 14.3. The topological polar surface area (TPSA) is 307 Å². The third-order valence-electron chi connectivity index (χ3n) is 21.0. The summed E-state index contributed by atoms with van der Waals surface area (Å²) < 4.78 is 34.6. The lowest BCUT2D eigenvalue weighted by Crippen LogP contribution is -2.66. The van der Waals surface area contributed by atoms with Gasteiger partial charge in [-0.05, 0) is 44.9 Å². The van der Waals surface area contributed by atoms with Crippen molar-refractivity contribution in [3.05, 3.63) is 24.3 Å². The second-order valence-corrected chi connectivity index (χ2v) is 29.9. The molecule has 0 saturated carbocycles. The van der Waals surface area contributed by atoms with Crippen molar-refractivity contribution in [3.63, 3.8) is 0 Å². The van der Waals surface area contributed by atoms with Gasteiger partial charge in [0, 0.05) is 6.42 Å². The van der Waals surface area contributed by atoms with Crippen molar-refractivity contribution in [1.29, 1.82) is 0 Å². The van der Waals surface area contributed by atoms with Crippen LogP contribution in [0.1, 0.15) is 354 Å². The molecule has 3 rings (SSSR count). The predicted octanol–water partition coefficient (Wildman–Crippen LogP) is 14.1. The van der Waals surface area contributed by atoms with Gasteiger partial charge in [0.15, 0.2) is 18.9 Å². The van der Waals surface area contributed by atoms with E-state index in [1.807, 2.05) is 0 Å². The number of hydrogen-bond donors (Lipinski definition) is 12. The van der Waals surface area contributed by atoms with E-state index < -0.39 is 124 Å². The average Bonchev–Trinajstić information content (AvgIpc) is 0.783. The van der Waals surface area contributed by atoms with Crippen LogP contribution < -0.4 is 5.32 Å². The fraction of sp³-hybridized carbons (Fsp3) is 0.938. The van der Waals surface area contributed by atoms with E-state index in [0.29, 0.717) is 12.8 Å². The molecule has 17 atom stereocenters. The Bertz CT molecular complexity index is 1900. The van der Waals surface area contributed by atoms with Crippen LogP contribution in [0.5, 0.6) is 0 Å². The van der Waals surface area contributed by atoms with Crippen molar-refractivity contribution in [2.45, 2.75) is 458 Å². The van der Waals surface area contributed by atoms with E-state index in [2.05, 4.69) is 43.5 Å². The third-order valence-corrected chi connectivity index (χ3v) is 21.0. The van der Waals surface area contributed by atoms with Gasteiger partial charge in [-0.25, -0.2) is 0 Å². The molecular formula is C81H153NO18. The highest BCUT2D eigenvalue weighted by molar-refractivity contribution is 5.76. The molecule has 3 aliphatic rings. The van der Waals surface area contributed by atoms with Gasteiger partial charge in [-0.1, -0.05) is 327 Å². The van der Waals surface area contributed by atoms with Crippen molar-refractivity contribution >= 4 is 5.91 Å². The SMILES string of the molecule is CCCCCCC/C=C\C/C=C\CCCCCCCCCCCCCCCCCC(=O)NC(COC1OC(CO)C(OC2OC(CO)C(OC3OC(CO)C(O)C(O)C3O)C(O)C2O)C(O)C1O)C(O)CCCCCCCCCCCCCCCCCCCCCCCCCCCCCC. The first-order valence-electron chi connectivity index (χ1n) is 41.6. The van der Waals surface area contributed by atoms with E-state index in [0.717, 1.165) is 51.4 Å². The maximum absolute atomic E-state index is 13.5. The van der Waals surface area contributed by atoms with Crippen LogP contribution in [0.4, 0.5) is 0 Å². The lowest BCUT2D eigenvalue weighted by Gasteiger charge is -2.48.